The number of thiophene rings is 1. The van der Waals surface area contributed by atoms with Gasteiger partial charge in [-0.3, -0.25) is 0 Å². The summed E-state index contributed by atoms with van der Waals surface area (Å²) in [7, 11) is 0. The molecule has 0 bridgehead atoms. The van der Waals surface area contributed by atoms with Gasteiger partial charge in [-0.15, -0.1) is 11.3 Å². The molecule has 10 aromatic carbocycles. The zero-order valence-corrected chi connectivity index (χ0v) is 34.8. The van der Waals surface area contributed by atoms with Crippen molar-refractivity contribution in [2.75, 3.05) is 4.90 Å². The highest BCUT2D eigenvalue weighted by atomic mass is 32.1. The molecule has 1 aromatic heterocycles. The van der Waals surface area contributed by atoms with Crippen molar-refractivity contribution >= 4 is 48.6 Å². The summed E-state index contributed by atoms with van der Waals surface area (Å²) in [5, 5.41) is 2.63. The summed E-state index contributed by atoms with van der Waals surface area (Å²) in [5.41, 5.74) is 17.7. The topological polar surface area (TPSA) is 3.24 Å². The Labute approximate surface area is 367 Å². The number of nitrogens with zero attached hydrogens (tertiary/aromatic N) is 1. The minimum absolute atomic E-state index is 1.09. The SMILES string of the molecule is c1ccc(-c2ccc(-c3ccc(N(c4ccc(-c5cccc6c5sc5ccccc56)cc4)c4ccccc4-c4ccccc4-c4ccccc4-c4ccccc4)cc3)cc2)cc1. The number of rotatable bonds is 9. The van der Waals surface area contributed by atoms with E-state index in [0.29, 0.717) is 0 Å². The van der Waals surface area contributed by atoms with Crippen LogP contribution < -0.4 is 4.90 Å². The molecular formula is C60H41NS. The van der Waals surface area contributed by atoms with Crippen LogP contribution in [0.4, 0.5) is 17.1 Å². The van der Waals surface area contributed by atoms with Crippen molar-refractivity contribution in [1.82, 2.24) is 0 Å². The molecule has 0 atom stereocenters. The van der Waals surface area contributed by atoms with Crippen LogP contribution in [0.3, 0.4) is 0 Å². The van der Waals surface area contributed by atoms with Crippen LogP contribution in [0.2, 0.25) is 0 Å². The van der Waals surface area contributed by atoms with Gasteiger partial charge in [-0.25, -0.2) is 0 Å². The Morgan fingerprint density at radius 2 is 0.629 bits per heavy atom. The average Bonchev–Trinajstić information content (AvgIpc) is 3.75. The van der Waals surface area contributed by atoms with Crippen molar-refractivity contribution in [3.05, 3.63) is 249 Å². The molecule has 0 aliphatic heterocycles. The Hall–Kier alpha value is -7.78. The van der Waals surface area contributed by atoms with Crippen LogP contribution in [0.25, 0.3) is 86.9 Å². The van der Waals surface area contributed by atoms with Gasteiger partial charge in [0.05, 0.1) is 5.69 Å². The van der Waals surface area contributed by atoms with Gasteiger partial charge in [0.2, 0.25) is 0 Å². The predicted molar refractivity (Wildman–Crippen MR) is 267 cm³/mol. The van der Waals surface area contributed by atoms with Crippen molar-refractivity contribution in [3.8, 4) is 66.8 Å². The molecule has 11 aromatic rings. The maximum absolute atomic E-state index is 2.42. The first kappa shape index (κ1) is 37.2. The molecule has 11 rings (SSSR count). The summed E-state index contributed by atoms with van der Waals surface area (Å²) in [6.45, 7) is 0. The van der Waals surface area contributed by atoms with E-state index in [1.165, 1.54) is 81.4 Å². The molecule has 0 amide bonds. The normalized spacial score (nSPS) is 11.2. The molecule has 0 fully saturated rings. The van der Waals surface area contributed by atoms with Gasteiger partial charge in [0.1, 0.15) is 0 Å². The fraction of sp³-hybridized carbons (Fsp3) is 0. The first-order valence-corrected chi connectivity index (χ1v) is 22.0. The fourth-order valence-electron chi connectivity index (χ4n) is 8.92. The monoisotopic (exact) mass is 807 g/mol. The first-order valence-electron chi connectivity index (χ1n) is 21.2. The van der Waals surface area contributed by atoms with Crippen LogP contribution >= 0.6 is 11.3 Å². The molecule has 0 aliphatic rings. The summed E-state index contributed by atoms with van der Waals surface area (Å²) in [4.78, 5) is 2.42. The second kappa shape index (κ2) is 16.3. The molecule has 0 saturated heterocycles. The number of para-hydroxylation sites is 1. The van der Waals surface area contributed by atoms with E-state index in [1.54, 1.807) is 0 Å². The summed E-state index contributed by atoms with van der Waals surface area (Å²) in [5.74, 6) is 0. The highest BCUT2D eigenvalue weighted by molar-refractivity contribution is 7.26. The molecule has 1 heterocycles. The lowest BCUT2D eigenvalue weighted by Crippen LogP contribution is -2.11. The van der Waals surface area contributed by atoms with Gasteiger partial charge in [-0.1, -0.05) is 212 Å². The van der Waals surface area contributed by atoms with Crippen molar-refractivity contribution < 1.29 is 0 Å². The Balaban J connectivity index is 1.03. The van der Waals surface area contributed by atoms with Gasteiger partial charge in [0.25, 0.3) is 0 Å². The third kappa shape index (κ3) is 6.97. The highest BCUT2D eigenvalue weighted by Gasteiger charge is 2.21. The van der Waals surface area contributed by atoms with E-state index in [2.05, 4.69) is 254 Å². The highest BCUT2D eigenvalue weighted by Crippen LogP contribution is 2.46. The Morgan fingerprint density at radius 3 is 1.26 bits per heavy atom. The number of benzene rings is 10. The predicted octanol–water partition coefficient (Wildman–Crippen LogP) is 17.5. The van der Waals surface area contributed by atoms with Gasteiger partial charge in [0, 0.05) is 37.1 Å². The van der Waals surface area contributed by atoms with Crippen LogP contribution in [0.15, 0.2) is 249 Å². The maximum atomic E-state index is 2.42. The van der Waals surface area contributed by atoms with Gasteiger partial charge in [0.15, 0.2) is 0 Å². The van der Waals surface area contributed by atoms with E-state index in [-0.39, 0.29) is 0 Å². The third-order valence-corrected chi connectivity index (χ3v) is 13.2. The minimum atomic E-state index is 1.09. The summed E-state index contributed by atoms with van der Waals surface area (Å²) in [6.07, 6.45) is 0. The average molecular weight is 808 g/mol. The summed E-state index contributed by atoms with van der Waals surface area (Å²) < 4.78 is 2.64. The summed E-state index contributed by atoms with van der Waals surface area (Å²) >= 11 is 1.87. The van der Waals surface area contributed by atoms with Crippen LogP contribution in [0, 0.1) is 0 Å². The molecule has 2 heteroatoms. The third-order valence-electron chi connectivity index (χ3n) is 12.0. The minimum Gasteiger partial charge on any atom is -0.310 e. The van der Waals surface area contributed by atoms with E-state index in [4.69, 9.17) is 0 Å². The van der Waals surface area contributed by atoms with Gasteiger partial charge in [-0.05, 0) is 97.6 Å². The molecule has 62 heavy (non-hydrogen) atoms. The molecule has 0 aliphatic carbocycles. The fourth-order valence-corrected chi connectivity index (χ4v) is 10.2. The Morgan fingerprint density at radius 1 is 0.242 bits per heavy atom. The van der Waals surface area contributed by atoms with E-state index in [9.17, 15) is 0 Å². The number of anilines is 3. The smallest absolute Gasteiger partial charge is 0.0540 e. The van der Waals surface area contributed by atoms with E-state index in [1.807, 2.05) is 11.3 Å². The Kier molecular flexibility index (Phi) is 9.82. The van der Waals surface area contributed by atoms with Crippen molar-refractivity contribution in [2.24, 2.45) is 0 Å². The molecule has 0 radical (unpaired) electrons. The van der Waals surface area contributed by atoms with Crippen molar-refractivity contribution in [3.63, 3.8) is 0 Å². The summed E-state index contributed by atoms with van der Waals surface area (Å²) in [6, 6.07) is 90.2. The van der Waals surface area contributed by atoms with Crippen LogP contribution in [0.1, 0.15) is 0 Å². The van der Waals surface area contributed by atoms with Crippen LogP contribution in [0.5, 0.6) is 0 Å². The second-order valence-corrected chi connectivity index (χ2v) is 16.7. The van der Waals surface area contributed by atoms with Crippen LogP contribution in [-0.4, -0.2) is 0 Å². The molecule has 0 saturated carbocycles. The van der Waals surface area contributed by atoms with E-state index < -0.39 is 0 Å². The van der Waals surface area contributed by atoms with E-state index in [0.717, 1.165) is 22.6 Å². The molecular weight excluding hydrogens is 767 g/mol. The Bertz CT molecular complexity index is 3310. The molecule has 0 spiro atoms. The van der Waals surface area contributed by atoms with Crippen LogP contribution in [-0.2, 0) is 0 Å². The zero-order valence-electron chi connectivity index (χ0n) is 34.0. The number of hydrogen-bond acceptors (Lipinski definition) is 2. The maximum Gasteiger partial charge on any atom is 0.0540 e. The number of fused-ring (bicyclic) bond motifs is 3. The number of hydrogen-bond donors (Lipinski definition) is 0. The van der Waals surface area contributed by atoms with Crippen molar-refractivity contribution in [2.45, 2.75) is 0 Å². The largest absolute Gasteiger partial charge is 0.310 e. The second-order valence-electron chi connectivity index (χ2n) is 15.6. The lowest BCUT2D eigenvalue weighted by atomic mass is 9.88. The standard InChI is InChI=1S/C60H41NS/c1-3-16-42(17-4-1)43-30-32-44(33-31-43)45-34-38-48(39-35-45)61(49-40-36-47(37-41-49)51-26-15-27-57-56-25-12-14-29-59(56)62-60(51)57)58-28-13-11-24-55(58)54-23-10-9-22-53(54)52-21-8-7-20-50(52)46-18-5-2-6-19-46/h1-41H. The van der Waals surface area contributed by atoms with Gasteiger partial charge in [-0.2, -0.15) is 0 Å². The molecule has 0 N–H and O–H groups in total. The van der Waals surface area contributed by atoms with Gasteiger partial charge < -0.3 is 4.90 Å². The first-order chi connectivity index (χ1) is 30.8. The van der Waals surface area contributed by atoms with Crippen molar-refractivity contribution in [1.29, 1.82) is 0 Å². The lowest BCUT2D eigenvalue weighted by Gasteiger charge is -2.29. The molecule has 0 unspecified atom stereocenters. The molecule has 1 nitrogen and oxygen atoms in total. The quantitative estimate of drug-likeness (QED) is 0.140. The van der Waals surface area contributed by atoms with E-state index >= 15 is 0 Å². The van der Waals surface area contributed by atoms with Gasteiger partial charge >= 0.3 is 0 Å². The zero-order chi connectivity index (χ0) is 41.2. The lowest BCUT2D eigenvalue weighted by molar-refractivity contribution is 1.28. The molecule has 292 valence electrons.